The third-order valence-corrected chi connectivity index (χ3v) is 5.33. The van der Waals surface area contributed by atoms with E-state index < -0.39 is 11.9 Å². The van der Waals surface area contributed by atoms with Crippen molar-refractivity contribution in [2.45, 2.75) is 19.8 Å². The summed E-state index contributed by atoms with van der Waals surface area (Å²) in [5.41, 5.74) is 1.93. The van der Waals surface area contributed by atoms with Crippen LogP contribution in [0, 0.1) is 5.92 Å². The topological polar surface area (TPSA) is 136 Å². The van der Waals surface area contributed by atoms with Crippen LogP contribution in [0.15, 0.2) is 30.3 Å². The van der Waals surface area contributed by atoms with Crippen molar-refractivity contribution in [2.75, 3.05) is 51.3 Å². The summed E-state index contributed by atoms with van der Waals surface area (Å²) in [6.45, 7) is 6.85. The summed E-state index contributed by atoms with van der Waals surface area (Å²) in [5, 5.41) is 17.6. The molecule has 2 amide bonds. The number of hydrogen-bond donors (Lipinski definition) is 3. The molecule has 2 aliphatic rings. The molecule has 33 heavy (non-hydrogen) atoms. The summed E-state index contributed by atoms with van der Waals surface area (Å²) in [6.07, 6.45) is 6.40. The largest absolute Gasteiger partial charge is 0.473 e. The van der Waals surface area contributed by atoms with Gasteiger partial charge in [-0.2, -0.15) is 0 Å². The van der Waals surface area contributed by atoms with Crippen LogP contribution in [-0.4, -0.2) is 89.7 Å². The number of carbonyl (C=O) groups excluding carboxylic acids is 2. The third-order valence-electron chi connectivity index (χ3n) is 5.33. The quantitative estimate of drug-likeness (QED) is 0.560. The zero-order valence-electron chi connectivity index (χ0n) is 18.7. The van der Waals surface area contributed by atoms with Crippen molar-refractivity contribution in [1.29, 1.82) is 0 Å². The molecule has 0 aromatic heterocycles. The van der Waals surface area contributed by atoms with Crippen LogP contribution in [0.25, 0.3) is 6.08 Å². The van der Waals surface area contributed by atoms with Gasteiger partial charge >= 0.3 is 11.9 Å². The number of piperidine rings is 1. The van der Waals surface area contributed by atoms with Gasteiger partial charge in [-0.15, -0.1) is 0 Å². The van der Waals surface area contributed by atoms with Crippen molar-refractivity contribution in [2.24, 2.45) is 5.92 Å². The number of benzene rings is 1. The molecule has 0 atom stereocenters. The van der Waals surface area contributed by atoms with Crippen LogP contribution in [0.2, 0.25) is 0 Å². The van der Waals surface area contributed by atoms with Crippen molar-refractivity contribution in [3.8, 4) is 0 Å². The standard InChI is InChI=1S/C21H29N3O3.C2H2O4/c1-17(25)22-20-6-4-18(5-7-20)2-3-19-8-10-24(11-9-19)21(26)16-23-12-14-27-15-13-23;3-1(4)2(5)6/h2-7,19H,8-16H2,1H3,(H,22,25);(H,3,4)(H,5,6)/b3-2+;. The second-order valence-corrected chi connectivity index (χ2v) is 7.88. The second kappa shape index (κ2) is 13.3. The number of nitrogens with one attached hydrogen (secondary N) is 1. The smallest absolute Gasteiger partial charge is 0.414 e. The van der Waals surface area contributed by atoms with Gasteiger partial charge in [0.15, 0.2) is 0 Å². The molecule has 3 rings (SSSR count). The van der Waals surface area contributed by atoms with Crippen LogP contribution < -0.4 is 5.32 Å². The van der Waals surface area contributed by atoms with E-state index in [0.29, 0.717) is 12.5 Å². The molecule has 0 unspecified atom stereocenters. The maximum atomic E-state index is 12.5. The van der Waals surface area contributed by atoms with E-state index in [2.05, 4.69) is 22.4 Å². The molecule has 2 heterocycles. The molecule has 0 saturated carbocycles. The Morgan fingerprint density at radius 1 is 1.00 bits per heavy atom. The Kier molecular flexibility index (Phi) is 10.5. The number of hydrogen-bond acceptors (Lipinski definition) is 6. The van der Waals surface area contributed by atoms with Gasteiger partial charge in [0.2, 0.25) is 11.8 Å². The molecule has 0 aliphatic carbocycles. The van der Waals surface area contributed by atoms with Gasteiger partial charge in [-0.25, -0.2) is 9.59 Å². The van der Waals surface area contributed by atoms with Gasteiger partial charge in [0, 0.05) is 38.8 Å². The fourth-order valence-corrected chi connectivity index (χ4v) is 3.52. The van der Waals surface area contributed by atoms with Crippen molar-refractivity contribution < 1.29 is 34.1 Å². The average Bonchev–Trinajstić information content (AvgIpc) is 2.79. The molecule has 1 aromatic rings. The maximum absolute atomic E-state index is 12.5. The average molecular weight is 462 g/mol. The van der Waals surface area contributed by atoms with Gasteiger partial charge in [-0.3, -0.25) is 14.5 Å². The first kappa shape index (κ1) is 26.0. The fraction of sp³-hybridized carbons (Fsp3) is 0.478. The maximum Gasteiger partial charge on any atom is 0.414 e. The predicted molar refractivity (Wildman–Crippen MR) is 122 cm³/mol. The van der Waals surface area contributed by atoms with Crippen molar-refractivity contribution in [1.82, 2.24) is 9.80 Å². The number of allylic oxidation sites excluding steroid dienone is 1. The van der Waals surface area contributed by atoms with E-state index in [-0.39, 0.29) is 11.8 Å². The summed E-state index contributed by atoms with van der Waals surface area (Å²) in [4.78, 5) is 45.9. The van der Waals surface area contributed by atoms with Crippen LogP contribution in [0.4, 0.5) is 5.69 Å². The molecule has 10 heteroatoms. The first-order chi connectivity index (χ1) is 15.7. The van der Waals surface area contributed by atoms with E-state index in [1.54, 1.807) is 0 Å². The number of carboxylic acid groups (broad SMARTS) is 2. The van der Waals surface area contributed by atoms with Gasteiger partial charge < -0.3 is 25.2 Å². The van der Waals surface area contributed by atoms with E-state index in [4.69, 9.17) is 24.5 Å². The molecule has 2 aliphatic heterocycles. The summed E-state index contributed by atoms with van der Waals surface area (Å²) < 4.78 is 5.33. The van der Waals surface area contributed by atoms with Gasteiger partial charge in [-0.1, -0.05) is 24.3 Å². The Hall–Kier alpha value is -3.24. The lowest BCUT2D eigenvalue weighted by atomic mass is 9.95. The number of anilines is 1. The van der Waals surface area contributed by atoms with E-state index in [1.165, 1.54) is 6.92 Å². The molecule has 1 aromatic carbocycles. The lowest BCUT2D eigenvalue weighted by Crippen LogP contribution is -2.46. The summed E-state index contributed by atoms with van der Waals surface area (Å²) in [7, 11) is 0. The number of nitrogens with zero attached hydrogens (tertiary/aromatic N) is 2. The van der Waals surface area contributed by atoms with Crippen LogP contribution >= 0.6 is 0 Å². The van der Waals surface area contributed by atoms with Crippen molar-refractivity contribution in [3.05, 3.63) is 35.9 Å². The Balaban J connectivity index is 0.000000569. The fourth-order valence-electron chi connectivity index (χ4n) is 3.52. The lowest BCUT2D eigenvalue weighted by molar-refractivity contribution is -0.159. The Morgan fingerprint density at radius 2 is 1.58 bits per heavy atom. The summed E-state index contributed by atoms with van der Waals surface area (Å²) in [6, 6.07) is 7.83. The highest BCUT2D eigenvalue weighted by Gasteiger charge is 2.23. The molecular formula is C23H31N3O7. The van der Waals surface area contributed by atoms with Gasteiger partial charge in [-0.05, 0) is 36.5 Å². The molecule has 0 spiro atoms. The highest BCUT2D eigenvalue weighted by molar-refractivity contribution is 6.27. The first-order valence-corrected chi connectivity index (χ1v) is 10.8. The monoisotopic (exact) mass is 461 g/mol. The van der Waals surface area contributed by atoms with Crippen LogP contribution in [0.5, 0.6) is 0 Å². The number of aliphatic carboxylic acids is 2. The van der Waals surface area contributed by atoms with E-state index in [0.717, 1.165) is 63.5 Å². The lowest BCUT2D eigenvalue weighted by Gasteiger charge is -2.33. The normalized spacial score (nSPS) is 17.2. The van der Waals surface area contributed by atoms with E-state index >= 15 is 0 Å². The Bertz CT molecular complexity index is 828. The number of carbonyl (C=O) groups is 4. The summed E-state index contributed by atoms with van der Waals surface area (Å²) in [5.74, 6) is -2.96. The van der Waals surface area contributed by atoms with Crippen LogP contribution in [0.1, 0.15) is 25.3 Å². The van der Waals surface area contributed by atoms with Gasteiger partial charge in [0.05, 0.1) is 19.8 Å². The minimum atomic E-state index is -1.82. The van der Waals surface area contributed by atoms with Gasteiger partial charge in [0.25, 0.3) is 0 Å². The number of ether oxygens (including phenoxy) is 1. The minimum Gasteiger partial charge on any atom is -0.473 e. The highest BCUT2D eigenvalue weighted by Crippen LogP contribution is 2.20. The van der Waals surface area contributed by atoms with Crippen LogP contribution in [0.3, 0.4) is 0 Å². The zero-order valence-corrected chi connectivity index (χ0v) is 18.7. The molecule has 10 nitrogen and oxygen atoms in total. The molecule has 0 radical (unpaired) electrons. The number of morpholine rings is 1. The van der Waals surface area contributed by atoms with E-state index in [9.17, 15) is 9.59 Å². The van der Waals surface area contributed by atoms with Crippen molar-refractivity contribution >= 4 is 35.5 Å². The summed E-state index contributed by atoms with van der Waals surface area (Å²) >= 11 is 0. The first-order valence-electron chi connectivity index (χ1n) is 10.8. The molecule has 3 N–H and O–H groups in total. The number of amides is 2. The molecule has 2 saturated heterocycles. The number of likely N-dealkylation sites (tertiary alicyclic amines) is 1. The molecular weight excluding hydrogens is 430 g/mol. The Labute approximate surface area is 192 Å². The molecule has 2 fully saturated rings. The van der Waals surface area contributed by atoms with E-state index in [1.807, 2.05) is 29.2 Å². The number of carboxylic acids is 2. The highest BCUT2D eigenvalue weighted by atomic mass is 16.5. The third kappa shape index (κ3) is 9.84. The SMILES string of the molecule is CC(=O)Nc1ccc(/C=C/C2CCN(C(=O)CN3CCOCC3)CC2)cc1.O=C(O)C(=O)O. The van der Waals surface area contributed by atoms with Crippen molar-refractivity contribution in [3.63, 3.8) is 0 Å². The van der Waals surface area contributed by atoms with Crippen LogP contribution in [-0.2, 0) is 23.9 Å². The molecule has 0 bridgehead atoms. The predicted octanol–water partition coefficient (Wildman–Crippen LogP) is 1.38. The zero-order chi connectivity index (χ0) is 24.2. The second-order valence-electron chi connectivity index (χ2n) is 7.88. The molecule has 180 valence electrons. The minimum absolute atomic E-state index is 0.0618. The number of rotatable bonds is 5. The Morgan fingerprint density at radius 3 is 2.09 bits per heavy atom. The van der Waals surface area contributed by atoms with Gasteiger partial charge in [0.1, 0.15) is 0 Å².